The number of rotatable bonds is 6. The van der Waals surface area contributed by atoms with Crippen molar-refractivity contribution in [2.75, 3.05) is 5.32 Å². The Hall–Kier alpha value is -3.39. The standard InChI is InChI=1S/C23H23N5O2S/c1-15(2)27-14-24-23-25-18(12-21(29)28(23)27)13-31-20-10-5-4-9-19(20)26-22(30)17-8-6-7-16(3)11-17/h4-12,14-15H,13H2,1-3H3,(H,26,30). The Morgan fingerprint density at radius 2 is 1.94 bits per heavy atom. The lowest BCUT2D eigenvalue weighted by Gasteiger charge is -2.11. The van der Waals surface area contributed by atoms with E-state index in [9.17, 15) is 9.59 Å². The quantitative estimate of drug-likeness (QED) is 0.458. The molecule has 0 bridgehead atoms. The maximum atomic E-state index is 12.7. The minimum Gasteiger partial charge on any atom is -0.321 e. The molecule has 2 aromatic carbocycles. The molecule has 0 atom stereocenters. The van der Waals surface area contributed by atoms with Gasteiger partial charge in [0, 0.05) is 28.3 Å². The summed E-state index contributed by atoms with van der Waals surface area (Å²) in [4.78, 5) is 34.9. The zero-order valence-corrected chi connectivity index (χ0v) is 18.4. The van der Waals surface area contributed by atoms with Crippen molar-refractivity contribution in [1.82, 2.24) is 19.2 Å². The van der Waals surface area contributed by atoms with Crippen molar-refractivity contribution in [3.8, 4) is 0 Å². The summed E-state index contributed by atoms with van der Waals surface area (Å²) in [6, 6.07) is 16.7. The van der Waals surface area contributed by atoms with Gasteiger partial charge < -0.3 is 5.32 Å². The molecule has 31 heavy (non-hydrogen) atoms. The average molecular weight is 434 g/mol. The van der Waals surface area contributed by atoms with Crippen molar-refractivity contribution < 1.29 is 4.79 Å². The van der Waals surface area contributed by atoms with Crippen LogP contribution in [-0.4, -0.2) is 25.1 Å². The van der Waals surface area contributed by atoms with Gasteiger partial charge in [0.1, 0.15) is 6.33 Å². The highest BCUT2D eigenvalue weighted by Gasteiger charge is 2.13. The molecule has 4 rings (SSSR count). The van der Waals surface area contributed by atoms with Crippen LogP contribution in [0.2, 0.25) is 0 Å². The minimum absolute atomic E-state index is 0.105. The van der Waals surface area contributed by atoms with Crippen LogP contribution in [0.5, 0.6) is 0 Å². The molecule has 1 amide bonds. The maximum absolute atomic E-state index is 12.7. The smallest absolute Gasteiger partial charge is 0.274 e. The van der Waals surface area contributed by atoms with Gasteiger partial charge in [-0.25, -0.2) is 4.98 Å². The predicted molar refractivity (Wildman–Crippen MR) is 123 cm³/mol. The highest BCUT2D eigenvalue weighted by molar-refractivity contribution is 7.98. The van der Waals surface area contributed by atoms with E-state index in [2.05, 4.69) is 15.3 Å². The number of amides is 1. The molecule has 2 aromatic heterocycles. The lowest BCUT2D eigenvalue weighted by Crippen LogP contribution is -2.22. The molecule has 0 aliphatic carbocycles. The zero-order chi connectivity index (χ0) is 22.0. The van der Waals surface area contributed by atoms with Gasteiger partial charge in [-0.3, -0.25) is 14.3 Å². The summed E-state index contributed by atoms with van der Waals surface area (Å²) >= 11 is 1.51. The number of hydrogen-bond acceptors (Lipinski definition) is 5. The number of nitrogens with zero attached hydrogens (tertiary/aromatic N) is 4. The normalized spacial score (nSPS) is 11.2. The molecule has 158 valence electrons. The zero-order valence-electron chi connectivity index (χ0n) is 17.6. The van der Waals surface area contributed by atoms with Crippen LogP contribution in [0.4, 0.5) is 5.69 Å². The third kappa shape index (κ3) is 4.54. The summed E-state index contributed by atoms with van der Waals surface area (Å²) < 4.78 is 3.24. The van der Waals surface area contributed by atoms with E-state index >= 15 is 0 Å². The SMILES string of the molecule is Cc1cccc(C(=O)Nc2ccccc2SCc2cc(=O)n3c(ncn3C(C)C)n2)c1. The molecule has 7 nitrogen and oxygen atoms in total. The van der Waals surface area contributed by atoms with Crippen LogP contribution in [0.25, 0.3) is 5.78 Å². The Labute approximate surface area is 184 Å². The summed E-state index contributed by atoms with van der Waals surface area (Å²) in [5, 5.41) is 2.99. The molecule has 0 saturated carbocycles. The first kappa shape index (κ1) is 20.9. The highest BCUT2D eigenvalue weighted by Crippen LogP contribution is 2.29. The number of aryl methyl sites for hydroxylation is 1. The van der Waals surface area contributed by atoms with Crippen LogP contribution in [0.1, 0.15) is 41.5 Å². The second-order valence-electron chi connectivity index (χ2n) is 7.52. The van der Waals surface area contributed by atoms with E-state index in [-0.39, 0.29) is 17.5 Å². The van der Waals surface area contributed by atoms with Gasteiger partial charge in [-0.15, -0.1) is 11.8 Å². The number of carbonyl (C=O) groups is 1. The number of para-hydroxylation sites is 1. The van der Waals surface area contributed by atoms with E-state index in [1.165, 1.54) is 22.3 Å². The first-order valence-electron chi connectivity index (χ1n) is 9.98. The fourth-order valence-corrected chi connectivity index (χ4v) is 4.14. The van der Waals surface area contributed by atoms with E-state index in [1.807, 2.05) is 63.2 Å². The summed E-state index contributed by atoms with van der Waals surface area (Å²) in [6.45, 7) is 5.93. The summed E-state index contributed by atoms with van der Waals surface area (Å²) in [5.74, 6) is 0.712. The topological polar surface area (TPSA) is 81.3 Å². The molecule has 0 aliphatic rings. The Bertz CT molecular complexity index is 1310. The second-order valence-corrected chi connectivity index (χ2v) is 8.54. The number of carbonyl (C=O) groups excluding carboxylic acids is 1. The van der Waals surface area contributed by atoms with Gasteiger partial charge in [0.25, 0.3) is 17.2 Å². The molecule has 2 heterocycles. The fourth-order valence-electron chi connectivity index (χ4n) is 3.24. The molecule has 1 N–H and O–H groups in total. The number of hydrogen-bond donors (Lipinski definition) is 1. The number of fused-ring (bicyclic) bond motifs is 1. The van der Waals surface area contributed by atoms with Crippen LogP contribution < -0.4 is 10.9 Å². The molecular weight excluding hydrogens is 410 g/mol. The molecule has 0 saturated heterocycles. The van der Waals surface area contributed by atoms with Gasteiger partial charge in [0.2, 0.25) is 0 Å². The van der Waals surface area contributed by atoms with E-state index in [1.54, 1.807) is 17.1 Å². The van der Waals surface area contributed by atoms with E-state index in [4.69, 9.17) is 0 Å². The van der Waals surface area contributed by atoms with Gasteiger partial charge in [0.05, 0.1) is 11.4 Å². The molecule has 0 unspecified atom stereocenters. The van der Waals surface area contributed by atoms with Crippen LogP contribution in [0, 0.1) is 6.92 Å². The molecule has 0 radical (unpaired) electrons. The lowest BCUT2D eigenvalue weighted by molar-refractivity contribution is 0.102. The number of aromatic nitrogens is 4. The lowest BCUT2D eigenvalue weighted by atomic mass is 10.1. The molecule has 4 aromatic rings. The number of benzene rings is 2. The van der Waals surface area contributed by atoms with Crippen molar-refractivity contribution in [2.24, 2.45) is 0 Å². The van der Waals surface area contributed by atoms with E-state index in [0.29, 0.717) is 22.8 Å². The largest absolute Gasteiger partial charge is 0.321 e. The maximum Gasteiger partial charge on any atom is 0.274 e. The highest BCUT2D eigenvalue weighted by atomic mass is 32.2. The molecule has 8 heteroatoms. The van der Waals surface area contributed by atoms with Crippen LogP contribution >= 0.6 is 11.8 Å². The predicted octanol–water partition coefficient (Wildman–Crippen LogP) is 4.32. The van der Waals surface area contributed by atoms with Crippen molar-refractivity contribution in [3.05, 3.63) is 88.1 Å². The van der Waals surface area contributed by atoms with Crippen LogP contribution in [0.3, 0.4) is 0 Å². The average Bonchev–Trinajstić information content (AvgIpc) is 3.18. The Morgan fingerprint density at radius 1 is 1.13 bits per heavy atom. The second kappa shape index (κ2) is 8.77. The monoisotopic (exact) mass is 433 g/mol. The van der Waals surface area contributed by atoms with Crippen molar-refractivity contribution >= 4 is 29.1 Å². The Kier molecular flexibility index (Phi) is 5.90. The van der Waals surface area contributed by atoms with Gasteiger partial charge in [-0.1, -0.05) is 29.8 Å². The first-order chi connectivity index (χ1) is 14.9. The van der Waals surface area contributed by atoms with Gasteiger partial charge in [0.15, 0.2) is 0 Å². The number of thioether (sulfide) groups is 1. The van der Waals surface area contributed by atoms with Crippen LogP contribution in [0.15, 0.2) is 70.6 Å². The Balaban J connectivity index is 1.53. The molecule has 0 aliphatic heterocycles. The van der Waals surface area contributed by atoms with Crippen molar-refractivity contribution in [1.29, 1.82) is 0 Å². The van der Waals surface area contributed by atoms with Gasteiger partial charge >= 0.3 is 0 Å². The summed E-state index contributed by atoms with van der Waals surface area (Å²) in [7, 11) is 0. The third-order valence-electron chi connectivity index (χ3n) is 4.77. The molecule has 0 spiro atoms. The third-order valence-corrected chi connectivity index (χ3v) is 5.88. The first-order valence-corrected chi connectivity index (χ1v) is 11.0. The number of nitrogens with one attached hydrogen (secondary N) is 1. The molecule has 0 fully saturated rings. The van der Waals surface area contributed by atoms with Crippen molar-refractivity contribution in [2.45, 2.75) is 37.5 Å². The fraction of sp³-hybridized carbons (Fsp3) is 0.217. The van der Waals surface area contributed by atoms with Crippen molar-refractivity contribution in [3.63, 3.8) is 0 Å². The minimum atomic E-state index is -0.159. The van der Waals surface area contributed by atoms with E-state index < -0.39 is 0 Å². The number of anilines is 1. The van der Waals surface area contributed by atoms with E-state index in [0.717, 1.165) is 16.1 Å². The summed E-state index contributed by atoms with van der Waals surface area (Å²) in [5.41, 5.74) is 2.85. The Morgan fingerprint density at radius 3 is 2.71 bits per heavy atom. The summed E-state index contributed by atoms with van der Waals surface area (Å²) in [6.07, 6.45) is 1.63. The van der Waals surface area contributed by atoms with Gasteiger partial charge in [-0.2, -0.15) is 9.50 Å². The van der Waals surface area contributed by atoms with Crippen LogP contribution in [-0.2, 0) is 5.75 Å². The molecular formula is C23H23N5O2S. The van der Waals surface area contributed by atoms with Gasteiger partial charge in [-0.05, 0) is 45.0 Å².